The first-order chi connectivity index (χ1) is 11.0. The molecule has 1 aromatic carbocycles. The molecule has 6 heteroatoms. The number of hydrogen-bond donors (Lipinski definition) is 0. The molecule has 1 heterocycles. The number of carbonyl (C=O) groups is 2. The number of rotatable bonds is 4. The van der Waals surface area contributed by atoms with Gasteiger partial charge in [0.05, 0.1) is 18.9 Å². The molecular formula is C17H15FO5. The van der Waals surface area contributed by atoms with E-state index in [0.29, 0.717) is 11.3 Å². The summed E-state index contributed by atoms with van der Waals surface area (Å²) >= 11 is 0. The molecule has 0 saturated heterocycles. The van der Waals surface area contributed by atoms with Gasteiger partial charge in [-0.25, -0.2) is 9.18 Å². The van der Waals surface area contributed by atoms with Crippen molar-refractivity contribution in [3.8, 4) is 5.75 Å². The van der Waals surface area contributed by atoms with Crippen molar-refractivity contribution in [3.05, 3.63) is 52.7 Å². The summed E-state index contributed by atoms with van der Waals surface area (Å²) in [5.41, 5.74) is 0.926. The van der Waals surface area contributed by atoms with Crippen LogP contribution < -0.4 is 4.74 Å². The second-order valence-corrected chi connectivity index (χ2v) is 5.40. The van der Waals surface area contributed by atoms with E-state index < -0.39 is 11.8 Å². The number of ketones is 1. The first-order valence-electron chi connectivity index (χ1n) is 7.16. The van der Waals surface area contributed by atoms with Crippen LogP contribution in [-0.4, -0.2) is 18.9 Å². The summed E-state index contributed by atoms with van der Waals surface area (Å²) < 4.78 is 29.4. The lowest BCUT2D eigenvalue weighted by atomic mass is 10.0. The highest BCUT2D eigenvalue weighted by Gasteiger charge is 2.32. The van der Waals surface area contributed by atoms with Crippen LogP contribution in [0.1, 0.15) is 51.3 Å². The molecule has 0 N–H and O–H groups in total. The van der Waals surface area contributed by atoms with Crippen molar-refractivity contribution in [2.75, 3.05) is 7.11 Å². The third-order valence-electron chi connectivity index (χ3n) is 3.93. The van der Waals surface area contributed by atoms with E-state index in [1.165, 1.54) is 31.6 Å². The van der Waals surface area contributed by atoms with Crippen molar-refractivity contribution in [2.45, 2.75) is 25.9 Å². The minimum atomic E-state index is -0.536. The van der Waals surface area contributed by atoms with Gasteiger partial charge in [0.15, 0.2) is 11.5 Å². The first kappa shape index (κ1) is 15.3. The summed E-state index contributed by atoms with van der Waals surface area (Å²) in [6, 6.07) is 4.18. The maximum atomic E-state index is 13.9. The Morgan fingerprint density at radius 3 is 2.91 bits per heavy atom. The Morgan fingerprint density at radius 1 is 1.39 bits per heavy atom. The predicted octanol–water partition coefficient (Wildman–Crippen LogP) is 3.47. The molecule has 1 aliphatic carbocycles. The van der Waals surface area contributed by atoms with E-state index in [2.05, 4.69) is 4.74 Å². The molecule has 1 atom stereocenters. The molecule has 1 aromatic heterocycles. The highest BCUT2D eigenvalue weighted by molar-refractivity contribution is 6.03. The number of carbonyl (C=O) groups excluding carboxylic acids is 2. The van der Waals surface area contributed by atoms with Crippen LogP contribution in [0.25, 0.3) is 0 Å². The Hall–Kier alpha value is -2.63. The molecule has 0 saturated carbocycles. The van der Waals surface area contributed by atoms with Crippen LogP contribution in [0.3, 0.4) is 0 Å². The maximum absolute atomic E-state index is 13.9. The van der Waals surface area contributed by atoms with E-state index in [-0.39, 0.29) is 41.6 Å². The molecule has 0 amide bonds. The first-order valence-corrected chi connectivity index (χ1v) is 7.16. The lowest BCUT2D eigenvalue weighted by Crippen LogP contribution is -2.07. The van der Waals surface area contributed by atoms with Crippen molar-refractivity contribution in [2.24, 2.45) is 0 Å². The van der Waals surface area contributed by atoms with Crippen LogP contribution in [0.2, 0.25) is 0 Å². The summed E-state index contributed by atoms with van der Waals surface area (Å²) in [6.45, 7) is 1.75. The van der Waals surface area contributed by atoms with Crippen LogP contribution in [0.15, 0.2) is 28.9 Å². The van der Waals surface area contributed by atoms with Crippen LogP contribution in [-0.2, 0) is 11.3 Å². The van der Waals surface area contributed by atoms with E-state index in [0.717, 1.165) is 0 Å². The third kappa shape index (κ3) is 2.60. The molecule has 120 valence electrons. The number of fused-ring (bicyclic) bond motifs is 1. The number of methoxy groups -OCH3 is 1. The minimum Gasteiger partial charge on any atom is -0.485 e. The fourth-order valence-electron chi connectivity index (χ4n) is 2.83. The Labute approximate surface area is 132 Å². The number of ether oxygens (including phenoxy) is 2. The second-order valence-electron chi connectivity index (χ2n) is 5.40. The summed E-state index contributed by atoms with van der Waals surface area (Å²) in [7, 11) is 1.27. The van der Waals surface area contributed by atoms with Gasteiger partial charge in [-0.05, 0) is 24.1 Å². The lowest BCUT2D eigenvalue weighted by molar-refractivity contribution is 0.0595. The Balaban J connectivity index is 1.87. The molecule has 2 aromatic rings. The zero-order valence-corrected chi connectivity index (χ0v) is 12.7. The Morgan fingerprint density at radius 2 is 2.17 bits per heavy atom. The quantitative estimate of drug-likeness (QED) is 0.808. The largest absolute Gasteiger partial charge is 0.485 e. The van der Waals surface area contributed by atoms with Gasteiger partial charge in [0.1, 0.15) is 23.7 Å². The van der Waals surface area contributed by atoms with Crippen molar-refractivity contribution in [3.63, 3.8) is 0 Å². The van der Waals surface area contributed by atoms with Gasteiger partial charge in [-0.2, -0.15) is 0 Å². The van der Waals surface area contributed by atoms with Gasteiger partial charge in [0.2, 0.25) is 0 Å². The number of esters is 1. The van der Waals surface area contributed by atoms with Gasteiger partial charge in [0.25, 0.3) is 0 Å². The van der Waals surface area contributed by atoms with Gasteiger partial charge < -0.3 is 13.9 Å². The summed E-state index contributed by atoms with van der Waals surface area (Å²) in [5.74, 6) is -0.674. The van der Waals surface area contributed by atoms with Crippen LogP contribution in [0.5, 0.6) is 5.75 Å². The van der Waals surface area contributed by atoms with E-state index in [1.807, 2.05) is 0 Å². The number of hydrogen-bond acceptors (Lipinski definition) is 5. The van der Waals surface area contributed by atoms with Gasteiger partial charge >= 0.3 is 5.97 Å². The van der Waals surface area contributed by atoms with Crippen molar-refractivity contribution < 1.29 is 27.9 Å². The summed E-state index contributed by atoms with van der Waals surface area (Å²) in [4.78, 5) is 23.7. The molecule has 5 nitrogen and oxygen atoms in total. The van der Waals surface area contributed by atoms with Crippen molar-refractivity contribution in [1.82, 2.24) is 0 Å². The van der Waals surface area contributed by atoms with Gasteiger partial charge in [0, 0.05) is 12.0 Å². The highest BCUT2D eigenvalue weighted by Crippen LogP contribution is 2.40. The maximum Gasteiger partial charge on any atom is 0.341 e. The van der Waals surface area contributed by atoms with E-state index >= 15 is 0 Å². The molecule has 23 heavy (non-hydrogen) atoms. The fraction of sp³-hybridized carbons (Fsp3) is 0.294. The fourth-order valence-corrected chi connectivity index (χ4v) is 2.83. The number of furan rings is 1. The topological polar surface area (TPSA) is 65.7 Å². The molecule has 0 unspecified atom stereocenters. The lowest BCUT2D eigenvalue weighted by Gasteiger charge is -2.11. The van der Waals surface area contributed by atoms with Gasteiger partial charge in [-0.15, -0.1) is 0 Å². The SMILES string of the molecule is COC(=O)c1ccoc1COc1ccc(F)c2c1C(=O)C[C@H]2C. The monoisotopic (exact) mass is 318 g/mol. The molecule has 0 aliphatic heterocycles. The third-order valence-corrected chi connectivity index (χ3v) is 3.93. The summed E-state index contributed by atoms with van der Waals surface area (Å²) in [5, 5.41) is 0. The number of benzene rings is 1. The number of halogens is 1. The van der Waals surface area contributed by atoms with E-state index in [9.17, 15) is 14.0 Å². The normalized spacial score (nSPS) is 16.3. The molecule has 0 radical (unpaired) electrons. The zero-order chi connectivity index (χ0) is 16.6. The Kier molecular flexibility index (Phi) is 3.90. The Bertz CT molecular complexity index is 777. The van der Waals surface area contributed by atoms with Gasteiger partial charge in [-0.1, -0.05) is 6.92 Å². The average Bonchev–Trinajstić information content (AvgIpc) is 3.11. The smallest absolute Gasteiger partial charge is 0.341 e. The molecule has 3 rings (SSSR count). The standard InChI is InChI=1S/C17H15FO5/c1-9-7-12(19)16-13(4-3-11(18)15(9)16)23-8-14-10(5-6-22-14)17(20)21-2/h3-6,9H,7-8H2,1-2H3/t9-/m1/s1. The predicted molar refractivity (Wildman–Crippen MR) is 78.1 cm³/mol. The van der Waals surface area contributed by atoms with Crippen LogP contribution in [0, 0.1) is 5.82 Å². The zero-order valence-electron chi connectivity index (χ0n) is 12.7. The number of Topliss-reactive ketones (excluding diaryl/α,β-unsaturated/α-hetero) is 1. The molecule has 0 fully saturated rings. The van der Waals surface area contributed by atoms with E-state index in [1.54, 1.807) is 6.92 Å². The van der Waals surface area contributed by atoms with Crippen molar-refractivity contribution in [1.29, 1.82) is 0 Å². The van der Waals surface area contributed by atoms with Crippen molar-refractivity contribution >= 4 is 11.8 Å². The van der Waals surface area contributed by atoms with Crippen LogP contribution >= 0.6 is 0 Å². The average molecular weight is 318 g/mol. The molecule has 0 bridgehead atoms. The molecule has 0 spiro atoms. The minimum absolute atomic E-state index is 0.0584. The molecule has 1 aliphatic rings. The summed E-state index contributed by atoms with van der Waals surface area (Å²) in [6.07, 6.45) is 1.62. The van der Waals surface area contributed by atoms with E-state index in [4.69, 9.17) is 9.15 Å². The highest BCUT2D eigenvalue weighted by atomic mass is 19.1. The molecular weight excluding hydrogens is 303 g/mol. The van der Waals surface area contributed by atoms with Crippen LogP contribution in [0.4, 0.5) is 4.39 Å². The van der Waals surface area contributed by atoms with Gasteiger partial charge in [-0.3, -0.25) is 4.79 Å². The second kappa shape index (κ2) is 5.87.